The molecule has 18 heavy (non-hydrogen) atoms. The molecule has 1 saturated carbocycles. The van der Waals surface area contributed by atoms with E-state index in [0.717, 1.165) is 26.2 Å². The van der Waals surface area contributed by atoms with E-state index in [9.17, 15) is 0 Å². The quantitative estimate of drug-likeness (QED) is 0.251. The highest BCUT2D eigenvalue weighted by atomic mass is 16.4. The highest BCUT2D eigenvalue weighted by molar-refractivity contribution is 5.80. The molecule has 0 amide bonds. The minimum absolute atomic E-state index is 0.244. The van der Waals surface area contributed by atoms with Crippen LogP contribution in [-0.2, 0) is 0 Å². The number of oxime groups is 1. The van der Waals surface area contributed by atoms with Crippen LogP contribution in [0.1, 0.15) is 40.0 Å². The van der Waals surface area contributed by atoms with Gasteiger partial charge in [-0.25, -0.2) is 0 Å². The Morgan fingerprint density at radius 2 is 2.06 bits per heavy atom. The Kier molecular flexibility index (Phi) is 5.88. The average molecular weight is 256 g/mol. The zero-order chi connectivity index (χ0) is 13.6. The van der Waals surface area contributed by atoms with Gasteiger partial charge in [-0.3, -0.25) is 0 Å². The third-order valence-corrected chi connectivity index (χ3v) is 3.89. The lowest BCUT2D eigenvalue weighted by molar-refractivity contribution is 0.264. The lowest BCUT2D eigenvalue weighted by Crippen LogP contribution is -2.41. The Hall–Kier alpha value is -0.810. The Morgan fingerprint density at radius 3 is 2.50 bits per heavy atom. The molecule has 5 heteroatoms. The van der Waals surface area contributed by atoms with Crippen molar-refractivity contribution in [3.63, 3.8) is 0 Å². The van der Waals surface area contributed by atoms with E-state index in [4.69, 9.17) is 10.9 Å². The van der Waals surface area contributed by atoms with E-state index in [-0.39, 0.29) is 5.41 Å². The van der Waals surface area contributed by atoms with Gasteiger partial charge in [-0.2, -0.15) is 0 Å². The summed E-state index contributed by atoms with van der Waals surface area (Å²) in [6.45, 7) is 10.8. The first-order valence-corrected chi connectivity index (χ1v) is 6.97. The molecule has 1 unspecified atom stereocenters. The molecule has 0 aromatic heterocycles. The molecular formula is C13H28N4O. The molecule has 0 aromatic rings. The lowest BCUT2D eigenvalue weighted by atomic mass is 10.0. The summed E-state index contributed by atoms with van der Waals surface area (Å²) >= 11 is 0. The summed E-state index contributed by atoms with van der Waals surface area (Å²) in [5, 5.41) is 15.3. The summed E-state index contributed by atoms with van der Waals surface area (Å²) < 4.78 is 0. The van der Waals surface area contributed by atoms with E-state index < -0.39 is 0 Å². The van der Waals surface area contributed by atoms with Crippen molar-refractivity contribution in [3.8, 4) is 0 Å². The third kappa shape index (κ3) is 4.82. The highest BCUT2D eigenvalue weighted by Gasteiger charge is 2.43. The van der Waals surface area contributed by atoms with Gasteiger partial charge >= 0.3 is 0 Å². The SMILES string of the molecule is CCN(CC)CC(C)NCC1(CC(N)=NO)CC1. The Balaban J connectivity index is 2.27. The van der Waals surface area contributed by atoms with Gasteiger partial charge in [0.2, 0.25) is 0 Å². The molecule has 0 bridgehead atoms. The topological polar surface area (TPSA) is 73.9 Å². The van der Waals surface area contributed by atoms with Crippen molar-refractivity contribution in [3.05, 3.63) is 0 Å². The highest BCUT2D eigenvalue weighted by Crippen LogP contribution is 2.48. The van der Waals surface area contributed by atoms with E-state index in [1.54, 1.807) is 0 Å². The summed E-state index contributed by atoms with van der Waals surface area (Å²) in [6, 6.07) is 0.481. The monoisotopic (exact) mass is 256 g/mol. The number of nitrogens with two attached hydrogens (primary N) is 1. The van der Waals surface area contributed by atoms with Crippen LogP contribution in [0.5, 0.6) is 0 Å². The molecule has 0 heterocycles. The van der Waals surface area contributed by atoms with E-state index >= 15 is 0 Å². The number of nitrogens with one attached hydrogen (secondary N) is 1. The molecule has 0 aliphatic heterocycles. The lowest BCUT2D eigenvalue weighted by Gasteiger charge is -2.25. The number of likely N-dealkylation sites (N-methyl/N-ethyl adjacent to an activating group) is 1. The molecule has 1 aliphatic carbocycles. The molecule has 5 nitrogen and oxygen atoms in total. The molecule has 4 N–H and O–H groups in total. The standard InChI is InChI=1S/C13H28N4O/c1-4-17(5-2)9-11(3)15-10-13(6-7-13)8-12(14)16-18/h11,15,18H,4-10H2,1-3H3,(H2,14,16). The predicted octanol–water partition coefficient (Wildman–Crippen LogP) is 1.22. The first-order valence-electron chi connectivity index (χ1n) is 6.97. The molecule has 0 aromatic carbocycles. The first kappa shape index (κ1) is 15.2. The van der Waals surface area contributed by atoms with E-state index in [0.29, 0.717) is 18.3 Å². The van der Waals surface area contributed by atoms with Crippen LogP contribution in [0.25, 0.3) is 0 Å². The number of hydrogen-bond acceptors (Lipinski definition) is 4. The van der Waals surface area contributed by atoms with E-state index in [2.05, 4.69) is 36.1 Å². The fourth-order valence-corrected chi connectivity index (χ4v) is 2.34. The molecule has 1 atom stereocenters. The van der Waals surface area contributed by atoms with Gasteiger partial charge in [0.1, 0.15) is 5.84 Å². The van der Waals surface area contributed by atoms with Crippen molar-refractivity contribution >= 4 is 5.84 Å². The Labute approximate surface area is 110 Å². The second-order valence-electron chi connectivity index (χ2n) is 5.54. The fraction of sp³-hybridized carbons (Fsp3) is 0.923. The summed E-state index contributed by atoms with van der Waals surface area (Å²) in [7, 11) is 0. The predicted molar refractivity (Wildman–Crippen MR) is 74.9 cm³/mol. The molecule has 1 aliphatic rings. The number of hydrogen-bond donors (Lipinski definition) is 3. The van der Waals surface area contributed by atoms with Crippen LogP contribution in [0.2, 0.25) is 0 Å². The maximum Gasteiger partial charge on any atom is 0.139 e. The molecule has 0 spiro atoms. The van der Waals surface area contributed by atoms with Gasteiger partial charge in [0.05, 0.1) is 0 Å². The maximum atomic E-state index is 8.62. The normalized spacial score (nSPS) is 20.1. The van der Waals surface area contributed by atoms with Gasteiger partial charge in [-0.1, -0.05) is 19.0 Å². The van der Waals surface area contributed by atoms with Gasteiger partial charge in [0, 0.05) is 25.6 Å². The molecule has 1 rings (SSSR count). The average Bonchev–Trinajstić information content (AvgIpc) is 3.13. The van der Waals surface area contributed by atoms with Gasteiger partial charge in [-0.15, -0.1) is 0 Å². The number of nitrogens with zero attached hydrogens (tertiary/aromatic N) is 2. The zero-order valence-corrected chi connectivity index (χ0v) is 11.9. The van der Waals surface area contributed by atoms with Crippen molar-refractivity contribution in [2.24, 2.45) is 16.3 Å². The van der Waals surface area contributed by atoms with Crippen molar-refractivity contribution in [1.82, 2.24) is 10.2 Å². The van der Waals surface area contributed by atoms with Crippen LogP contribution < -0.4 is 11.1 Å². The summed E-state index contributed by atoms with van der Waals surface area (Å²) in [6.07, 6.45) is 3.05. The Bertz CT molecular complexity index is 272. The smallest absolute Gasteiger partial charge is 0.139 e. The largest absolute Gasteiger partial charge is 0.409 e. The van der Waals surface area contributed by atoms with Crippen molar-refractivity contribution in [2.75, 3.05) is 26.2 Å². The van der Waals surface area contributed by atoms with Gasteiger partial charge in [0.15, 0.2) is 0 Å². The van der Waals surface area contributed by atoms with Crippen molar-refractivity contribution in [2.45, 2.75) is 46.1 Å². The van der Waals surface area contributed by atoms with Crippen molar-refractivity contribution in [1.29, 1.82) is 0 Å². The van der Waals surface area contributed by atoms with E-state index in [1.807, 2.05) is 0 Å². The van der Waals surface area contributed by atoms with Gasteiger partial charge < -0.3 is 21.2 Å². The minimum Gasteiger partial charge on any atom is -0.409 e. The zero-order valence-electron chi connectivity index (χ0n) is 11.9. The van der Waals surface area contributed by atoms with Crippen LogP contribution in [0.15, 0.2) is 5.16 Å². The first-order chi connectivity index (χ1) is 8.55. The van der Waals surface area contributed by atoms with Gasteiger partial charge in [0.25, 0.3) is 0 Å². The third-order valence-electron chi connectivity index (χ3n) is 3.89. The molecule has 106 valence electrons. The van der Waals surface area contributed by atoms with Crippen molar-refractivity contribution < 1.29 is 5.21 Å². The Morgan fingerprint density at radius 1 is 1.44 bits per heavy atom. The van der Waals surface area contributed by atoms with Crippen LogP contribution in [0.3, 0.4) is 0 Å². The fourth-order valence-electron chi connectivity index (χ4n) is 2.34. The summed E-state index contributed by atoms with van der Waals surface area (Å²) in [4.78, 5) is 2.42. The molecule has 1 fully saturated rings. The number of amidine groups is 1. The maximum absolute atomic E-state index is 8.62. The second kappa shape index (κ2) is 6.95. The number of rotatable bonds is 9. The minimum atomic E-state index is 0.244. The van der Waals surface area contributed by atoms with Crippen LogP contribution >= 0.6 is 0 Å². The summed E-state index contributed by atoms with van der Waals surface area (Å²) in [5.41, 5.74) is 5.84. The van der Waals surface area contributed by atoms with E-state index in [1.165, 1.54) is 12.8 Å². The second-order valence-corrected chi connectivity index (χ2v) is 5.54. The van der Waals surface area contributed by atoms with Crippen LogP contribution in [0.4, 0.5) is 0 Å². The van der Waals surface area contributed by atoms with Crippen LogP contribution in [0, 0.1) is 5.41 Å². The van der Waals surface area contributed by atoms with Crippen LogP contribution in [-0.4, -0.2) is 48.2 Å². The summed E-state index contributed by atoms with van der Waals surface area (Å²) in [5.74, 6) is 0.352. The molecule has 0 radical (unpaired) electrons. The molecule has 0 saturated heterocycles. The van der Waals surface area contributed by atoms with Gasteiger partial charge in [-0.05, 0) is 38.3 Å². The molecular weight excluding hydrogens is 228 g/mol.